The molecule has 0 aliphatic rings. The van der Waals surface area contributed by atoms with E-state index in [9.17, 15) is 19.6 Å². The fraction of sp³-hybridized carbons (Fsp3) is 0.448. The van der Waals surface area contributed by atoms with Crippen LogP contribution in [0.25, 0.3) is 0 Å². The minimum Gasteiger partial charge on any atom is -0.497 e. The molecule has 0 bridgehead atoms. The van der Waals surface area contributed by atoms with E-state index >= 15 is 0 Å². The van der Waals surface area contributed by atoms with Gasteiger partial charge in [0, 0.05) is 5.69 Å². The van der Waals surface area contributed by atoms with Crippen LogP contribution in [0.3, 0.4) is 0 Å². The molecule has 2 aromatic carbocycles. The van der Waals surface area contributed by atoms with Gasteiger partial charge in [-0.25, -0.2) is 4.79 Å². The molecule has 0 aromatic heterocycles. The number of aryl methyl sites for hydroxylation is 1. The molecule has 9 nitrogen and oxygen atoms in total. The molecule has 0 radical (unpaired) electrons. The highest BCUT2D eigenvalue weighted by Crippen LogP contribution is 2.28. The van der Waals surface area contributed by atoms with Crippen LogP contribution < -0.4 is 15.4 Å². The third-order valence-electron chi connectivity index (χ3n) is 6.08. The quantitative estimate of drug-likeness (QED) is 0.425. The molecule has 2 rings (SSSR count). The number of methoxy groups -OCH3 is 1. The summed E-state index contributed by atoms with van der Waals surface area (Å²) in [5.74, 6) is -0.708. The molecule has 0 saturated heterocycles. The first-order valence-corrected chi connectivity index (χ1v) is 12.6. The van der Waals surface area contributed by atoms with E-state index < -0.39 is 35.6 Å². The van der Waals surface area contributed by atoms with Gasteiger partial charge in [-0.05, 0) is 69.0 Å². The second kappa shape index (κ2) is 13.5. The molecule has 3 atom stereocenters. The molecule has 0 heterocycles. The first-order valence-electron chi connectivity index (χ1n) is 12.6. The van der Waals surface area contributed by atoms with Gasteiger partial charge in [-0.1, -0.05) is 44.5 Å². The van der Waals surface area contributed by atoms with Gasteiger partial charge in [-0.15, -0.1) is 0 Å². The smallest absolute Gasteiger partial charge is 0.408 e. The molecule has 3 unspecified atom stereocenters. The number of amides is 3. The van der Waals surface area contributed by atoms with E-state index in [0.29, 0.717) is 23.4 Å². The highest BCUT2D eigenvalue weighted by atomic mass is 16.6. The zero-order valence-electron chi connectivity index (χ0n) is 23.2. The Balaban J connectivity index is 2.52. The summed E-state index contributed by atoms with van der Waals surface area (Å²) in [5.41, 5.74) is 1.09. The van der Waals surface area contributed by atoms with Gasteiger partial charge in [0.05, 0.1) is 13.2 Å². The first-order chi connectivity index (χ1) is 17.9. The number of hydrogen-bond acceptors (Lipinski definition) is 6. The molecule has 0 aliphatic heterocycles. The van der Waals surface area contributed by atoms with Crippen molar-refractivity contribution in [2.45, 2.75) is 65.6 Å². The first kappa shape index (κ1) is 30.2. The minimum atomic E-state index is -1.13. The van der Waals surface area contributed by atoms with E-state index in [0.717, 1.165) is 5.56 Å². The van der Waals surface area contributed by atoms with Crippen molar-refractivity contribution >= 4 is 23.6 Å². The largest absolute Gasteiger partial charge is 0.497 e. The number of nitrogens with zero attached hydrogens (tertiary/aromatic N) is 2. The Morgan fingerprint density at radius 1 is 1.08 bits per heavy atom. The lowest BCUT2D eigenvalue weighted by Crippen LogP contribution is -2.54. The maximum Gasteiger partial charge on any atom is 0.408 e. The normalized spacial score (nSPS) is 13.3. The maximum absolute atomic E-state index is 14.0. The molecule has 38 heavy (non-hydrogen) atoms. The van der Waals surface area contributed by atoms with Crippen LogP contribution in [-0.4, -0.2) is 48.1 Å². The van der Waals surface area contributed by atoms with Crippen molar-refractivity contribution < 1.29 is 23.9 Å². The van der Waals surface area contributed by atoms with Crippen LogP contribution >= 0.6 is 0 Å². The molecular weight excluding hydrogens is 484 g/mol. The van der Waals surface area contributed by atoms with Crippen LogP contribution in [0.5, 0.6) is 5.75 Å². The number of rotatable bonds is 10. The van der Waals surface area contributed by atoms with Crippen molar-refractivity contribution in [2.24, 2.45) is 5.92 Å². The van der Waals surface area contributed by atoms with Crippen molar-refractivity contribution in [1.82, 2.24) is 10.2 Å². The number of benzene rings is 2. The minimum absolute atomic E-state index is 0.293. The average molecular weight is 523 g/mol. The highest BCUT2D eigenvalue weighted by molar-refractivity contribution is 5.99. The zero-order chi connectivity index (χ0) is 28.5. The molecule has 204 valence electrons. The lowest BCUT2D eigenvalue weighted by Gasteiger charge is -2.35. The molecule has 2 N–H and O–H groups in total. The Hall–Kier alpha value is -4.06. The third kappa shape index (κ3) is 8.23. The predicted octanol–water partition coefficient (Wildman–Crippen LogP) is 4.98. The third-order valence-corrected chi connectivity index (χ3v) is 6.08. The van der Waals surface area contributed by atoms with Crippen molar-refractivity contribution in [1.29, 1.82) is 5.26 Å². The van der Waals surface area contributed by atoms with Crippen LogP contribution in [0.2, 0.25) is 0 Å². The van der Waals surface area contributed by atoms with Crippen molar-refractivity contribution in [3.8, 4) is 11.8 Å². The Morgan fingerprint density at radius 3 is 2.24 bits per heavy atom. The number of alkyl carbamates (subject to hydrolysis) is 1. The number of nitriles is 1. The van der Waals surface area contributed by atoms with Crippen molar-refractivity contribution in [2.75, 3.05) is 19.0 Å². The monoisotopic (exact) mass is 522 g/mol. The zero-order valence-corrected chi connectivity index (χ0v) is 23.2. The van der Waals surface area contributed by atoms with Gasteiger partial charge in [0.2, 0.25) is 5.91 Å². The van der Waals surface area contributed by atoms with E-state index in [-0.39, 0.29) is 12.5 Å². The van der Waals surface area contributed by atoms with E-state index in [4.69, 9.17) is 9.47 Å². The molecule has 3 amide bonds. The number of carbonyl (C=O) groups is 3. The van der Waals surface area contributed by atoms with Crippen LogP contribution in [0.15, 0.2) is 48.5 Å². The summed E-state index contributed by atoms with van der Waals surface area (Å²) in [7, 11) is 1.55. The Morgan fingerprint density at radius 2 is 1.71 bits per heavy atom. The van der Waals surface area contributed by atoms with Crippen molar-refractivity contribution in [3.05, 3.63) is 59.7 Å². The van der Waals surface area contributed by atoms with Gasteiger partial charge >= 0.3 is 6.09 Å². The van der Waals surface area contributed by atoms with Gasteiger partial charge < -0.3 is 25.0 Å². The molecule has 0 fully saturated rings. The summed E-state index contributed by atoms with van der Waals surface area (Å²) in [6.45, 7) is 10.4. The maximum atomic E-state index is 14.0. The van der Waals surface area contributed by atoms with Gasteiger partial charge in [-0.3, -0.25) is 9.59 Å². The fourth-order valence-electron chi connectivity index (χ4n) is 3.90. The van der Waals surface area contributed by atoms with Crippen LogP contribution in [0.4, 0.5) is 10.5 Å². The van der Waals surface area contributed by atoms with Gasteiger partial charge in [0.15, 0.2) is 0 Å². The second-order valence-electron chi connectivity index (χ2n) is 10.1. The summed E-state index contributed by atoms with van der Waals surface area (Å²) >= 11 is 0. The number of carbonyl (C=O) groups excluding carboxylic acids is 3. The van der Waals surface area contributed by atoms with Gasteiger partial charge in [0.1, 0.15) is 30.0 Å². The Bertz CT molecular complexity index is 1150. The molecule has 9 heteroatoms. The summed E-state index contributed by atoms with van der Waals surface area (Å²) < 4.78 is 10.6. The Kier molecular flexibility index (Phi) is 10.7. The van der Waals surface area contributed by atoms with Crippen LogP contribution in [0, 0.1) is 24.2 Å². The molecular formula is C29H38N4O5. The fourth-order valence-corrected chi connectivity index (χ4v) is 3.90. The van der Waals surface area contributed by atoms with Crippen LogP contribution in [0.1, 0.15) is 58.2 Å². The van der Waals surface area contributed by atoms with E-state index in [1.807, 2.05) is 39.0 Å². The SMILES string of the molecule is CCC(C)C(NC(=O)OC(C)(C)C)C(=O)N(CC#N)C(C(=O)Nc1ccc(OC)cc1)c1ccccc1C. The number of nitrogens with one attached hydrogen (secondary N) is 2. The molecule has 0 saturated carbocycles. The predicted molar refractivity (Wildman–Crippen MR) is 145 cm³/mol. The number of anilines is 1. The van der Waals surface area contributed by atoms with E-state index in [2.05, 4.69) is 10.6 Å². The summed E-state index contributed by atoms with van der Waals surface area (Å²) in [6.07, 6.45) is -0.178. The van der Waals surface area contributed by atoms with Crippen molar-refractivity contribution in [3.63, 3.8) is 0 Å². The topological polar surface area (TPSA) is 121 Å². The summed E-state index contributed by atoms with van der Waals surface area (Å²) in [4.78, 5) is 41.6. The molecule has 2 aromatic rings. The van der Waals surface area contributed by atoms with Gasteiger partial charge in [0.25, 0.3) is 5.91 Å². The molecule has 0 spiro atoms. The molecule has 0 aliphatic carbocycles. The average Bonchev–Trinajstić information content (AvgIpc) is 2.86. The summed E-state index contributed by atoms with van der Waals surface area (Å²) in [5, 5.41) is 15.2. The Labute approximate surface area is 225 Å². The number of ether oxygens (including phenoxy) is 2. The van der Waals surface area contributed by atoms with E-state index in [1.165, 1.54) is 4.90 Å². The highest BCUT2D eigenvalue weighted by Gasteiger charge is 2.38. The summed E-state index contributed by atoms with van der Waals surface area (Å²) in [6, 6.07) is 13.9. The standard InChI is InChI=1S/C29H38N4O5/c1-8-19(2)24(32-28(36)38-29(4,5)6)27(35)33(18-17-30)25(23-12-10-9-11-20(23)3)26(34)31-21-13-15-22(37-7)16-14-21/h9-16,19,24-25H,8,18H2,1-7H3,(H,31,34)(H,32,36). The number of hydrogen-bond donors (Lipinski definition) is 2. The lowest BCUT2D eigenvalue weighted by molar-refractivity contribution is -0.141. The van der Waals surface area contributed by atoms with Gasteiger partial charge in [-0.2, -0.15) is 5.26 Å². The second-order valence-corrected chi connectivity index (χ2v) is 10.1. The van der Waals surface area contributed by atoms with Crippen LogP contribution in [-0.2, 0) is 14.3 Å². The lowest BCUT2D eigenvalue weighted by atomic mass is 9.94. The van der Waals surface area contributed by atoms with E-state index in [1.54, 1.807) is 64.3 Å².